The van der Waals surface area contributed by atoms with Gasteiger partial charge in [-0.2, -0.15) is 0 Å². The van der Waals surface area contributed by atoms with Gasteiger partial charge in [-0.15, -0.1) is 11.3 Å². The summed E-state index contributed by atoms with van der Waals surface area (Å²) in [6.45, 7) is 2.15. The highest BCUT2D eigenvalue weighted by Crippen LogP contribution is 2.26. The number of nitrogens with zero attached hydrogens (tertiary/aromatic N) is 2. The molecule has 3 aromatic rings. The van der Waals surface area contributed by atoms with Crippen LogP contribution >= 0.6 is 11.3 Å². The van der Waals surface area contributed by atoms with Crippen molar-refractivity contribution >= 4 is 28.1 Å². The summed E-state index contributed by atoms with van der Waals surface area (Å²) in [5.41, 5.74) is 3.38. The molecule has 7 heteroatoms. The van der Waals surface area contributed by atoms with Gasteiger partial charge in [0.25, 0.3) is 11.6 Å². The molecule has 1 N–H and O–H groups in total. The zero-order chi connectivity index (χ0) is 18.5. The number of carbonyl (C=O) groups excluding carboxylic acids is 1. The Kier molecular flexibility index (Phi) is 5.38. The van der Waals surface area contributed by atoms with Crippen LogP contribution in [0, 0.1) is 10.1 Å². The minimum absolute atomic E-state index is 0.0513. The fourth-order valence-electron chi connectivity index (χ4n) is 2.50. The number of thiazole rings is 1. The van der Waals surface area contributed by atoms with Gasteiger partial charge in [0, 0.05) is 28.6 Å². The maximum absolute atomic E-state index is 12.2. The summed E-state index contributed by atoms with van der Waals surface area (Å²) in [6.07, 6.45) is 2.16. The molecular formula is C19H17N3O3S. The lowest BCUT2D eigenvalue weighted by molar-refractivity contribution is -0.384. The minimum atomic E-state index is -0.499. The summed E-state index contributed by atoms with van der Waals surface area (Å²) in [6, 6.07) is 13.7. The zero-order valence-corrected chi connectivity index (χ0v) is 15.0. The molecule has 0 saturated carbocycles. The van der Waals surface area contributed by atoms with E-state index in [0.717, 1.165) is 24.1 Å². The van der Waals surface area contributed by atoms with Crippen LogP contribution in [0.4, 0.5) is 10.8 Å². The number of benzene rings is 2. The summed E-state index contributed by atoms with van der Waals surface area (Å²) in [5.74, 6) is -0.348. The fourth-order valence-corrected chi connectivity index (χ4v) is 3.21. The van der Waals surface area contributed by atoms with Crippen molar-refractivity contribution in [2.24, 2.45) is 0 Å². The maximum Gasteiger partial charge on any atom is 0.269 e. The number of non-ortho nitro benzene ring substituents is 1. The molecule has 0 spiro atoms. The van der Waals surface area contributed by atoms with Gasteiger partial charge < -0.3 is 0 Å². The summed E-state index contributed by atoms with van der Waals surface area (Å²) in [5, 5.41) is 15.8. The molecule has 26 heavy (non-hydrogen) atoms. The highest BCUT2D eigenvalue weighted by atomic mass is 32.1. The highest BCUT2D eigenvalue weighted by molar-refractivity contribution is 7.14. The van der Waals surface area contributed by atoms with Crippen molar-refractivity contribution in [1.82, 2.24) is 4.98 Å². The number of aryl methyl sites for hydroxylation is 1. The van der Waals surface area contributed by atoms with Gasteiger partial charge in [-0.1, -0.05) is 37.6 Å². The number of rotatable bonds is 6. The van der Waals surface area contributed by atoms with Gasteiger partial charge in [0.2, 0.25) is 0 Å². The number of nitro groups is 1. The Labute approximate surface area is 154 Å². The van der Waals surface area contributed by atoms with E-state index in [1.807, 2.05) is 17.5 Å². The molecule has 6 nitrogen and oxygen atoms in total. The third-order valence-electron chi connectivity index (χ3n) is 3.85. The van der Waals surface area contributed by atoms with Crippen molar-refractivity contribution in [2.75, 3.05) is 5.32 Å². The van der Waals surface area contributed by atoms with Crippen molar-refractivity contribution in [3.05, 3.63) is 75.2 Å². The molecule has 1 heterocycles. The van der Waals surface area contributed by atoms with E-state index in [1.165, 1.54) is 41.2 Å². The molecule has 0 unspecified atom stereocenters. The molecule has 3 rings (SSSR count). The van der Waals surface area contributed by atoms with Crippen LogP contribution in [0.15, 0.2) is 53.9 Å². The first-order chi connectivity index (χ1) is 12.6. The predicted octanol–water partition coefficient (Wildman–Crippen LogP) is 4.92. The predicted molar refractivity (Wildman–Crippen MR) is 103 cm³/mol. The second kappa shape index (κ2) is 7.88. The first kappa shape index (κ1) is 17.8. The van der Waals surface area contributed by atoms with Crippen LogP contribution in [-0.4, -0.2) is 15.8 Å². The van der Waals surface area contributed by atoms with Gasteiger partial charge in [0.15, 0.2) is 5.13 Å². The normalized spacial score (nSPS) is 10.5. The summed E-state index contributed by atoms with van der Waals surface area (Å²) < 4.78 is 0. The highest BCUT2D eigenvalue weighted by Gasteiger charge is 2.12. The Morgan fingerprint density at radius 3 is 2.46 bits per heavy atom. The second-order valence-corrected chi connectivity index (χ2v) is 6.60. The van der Waals surface area contributed by atoms with Crippen LogP contribution in [0.1, 0.15) is 29.3 Å². The molecule has 132 valence electrons. The van der Waals surface area contributed by atoms with Crippen molar-refractivity contribution < 1.29 is 9.72 Å². The van der Waals surface area contributed by atoms with E-state index in [9.17, 15) is 14.9 Å². The Bertz CT molecular complexity index is 918. The average Bonchev–Trinajstić information content (AvgIpc) is 3.11. The van der Waals surface area contributed by atoms with Crippen molar-refractivity contribution in [3.63, 3.8) is 0 Å². The molecule has 0 fully saturated rings. The number of nitrogens with one attached hydrogen (secondary N) is 1. The lowest BCUT2D eigenvalue weighted by Crippen LogP contribution is -2.11. The average molecular weight is 367 g/mol. The van der Waals surface area contributed by atoms with E-state index in [-0.39, 0.29) is 11.6 Å². The van der Waals surface area contributed by atoms with Crippen molar-refractivity contribution in [3.8, 4) is 11.3 Å². The Morgan fingerprint density at radius 2 is 1.85 bits per heavy atom. The van der Waals surface area contributed by atoms with Crippen molar-refractivity contribution in [1.29, 1.82) is 0 Å². The smallest absolute Gasteiger partial charge is 0.269 e. The van der Waals surface area contributed by atoms with E-state index in [2.05, 4.69) is 29.4 Å². The van der Waals surface area contributed by atoms with Gasteiger partial charge in [0.05, 0.1) is 10.6 Å². The van der Waals surface area contributed by atoms with Gasteiger partial charge in [-0.05, 0) is 24.1 Å². The number of amides is 1. The topological polar surface area (TPSA) is 85.1 Å². The molecule has 0 radical (unpaired) electrons. The number of nitro benzene ring substituents is 1. The fraction of sp³-hybridized carbons (Fsp3) is 0.158. The quantitative estimate of drug-likeness (QED) is 0.495. The third kappa shape index (κ3) is 4.12. The largest absolute Gasteiger partial charge is 0.298 e. The van der Waals surface area contributed by atoms with Crippen molar-refractivity contribution in [2.45, 2.75) is 19.8 Å². The molecule has 2 aromatic carbocycles. The number of hydrogen-bond acceptors (Lipinski definition) is 5. The maximum atomic E-state index is 12.2. The Hall–Kier alpha value is -3.06. The first-order valence-corrected chi connectivity index (χ1v) is 9.05. The number of anilines is 1. The van der Waals surface area contributed by atoms with Crippen LogP contribution in [0.3, 0.4) is 0 Å². The Balaban J connectivity index is 1.69. The molecule has 0 bridgehead atoms. The summed E-state index contributed by atoms with van der Waals surface area (Å²) >= 11 is 1.34. The van der Waals surface area contributed by atoms with Gasteiger partial charge >= 0.3 is 0 Å². The van der Waals surface area contributed by atoms with Crippen LogP contribution in [0.5, 0.6) is 0 Å². The molecular weight excluding hydrogens is 350 g/mol. The van der Waals surface area contributed by atoms with E-state index in [1.54, 1.807) is 0 Å². The molecule has 0 atom stereocenters. The SMILES string of the molecule is CCCc1ccc(-c2csc(NC(=O)c3ccc([N+](=O)[O-])cc3)n2)cc1. The number of hydrogen-bond donors (Lipinski definition) is 1. The first-order valence-electron chi connectivity index (χ1n) is 8.17. The van der Waals surface area contributed by atoms with Crippen LogP contribution in [0.2, 0.25) is 0 Å². The van der Waals surface area contributed by atoms with Gasteiger partial charge in [0.1, 0.15) is 0 Å². The molecule has 1 aromatic heterocycles. The Morgan fingerprint density at radius 1 is 1.15 bits per heavy atom. The molecule has 0 aliphatic rings. The monoisotopic (exact) mass is 367 g/mol. The number of carbonyl (C=O) groups is 1. The van der Waals surface area contributed by atoms with Crippen LogP contribution in [0.25, 0.3) is 11.3 Å². The van der Waals surface area contributed by atoms with E-state index in [0.29, 0.717) is 10.7 Å². The van der Waals surface area contributed by atoms with Crippen LogP contribution in [-0.2, 0) is 6.42 Å². The minimum Gasteiger partial charge on any atom is -0.298 e. The van der Waals surface area contributed by atoms with Gasteiger partial charge in [-0.3, -0.25) is 20.2 Å². The lowest BCUT2D eigenvalue weighted by Gasteiger charge is -2.02. The second-order valence-electron chi connectivity index (χ2n) is 5.74. The molecule has 1 amide bonds. The summed E-state index contributed by atoms with van der Waals surface area (Å²) in [4.78, 5) is 26.9. The standard InChI is InChI=1S/C19H17N3O3S/c1-2-3-13-4-6-14(7-5-13)17-12-26-19(20-17)21-18(23)15-8-10-16(11-9-15)22(24)25/h4-12H,2-3H2,1H3,(H,20,21,23). The number of aromatic nitrogens is 1. The molecule has 0 saturated heterocycles. The third-order valence-corrected chi connectivity index (χ3v) is 4.61. The summed E-state index contributed by atoms with van der Waals surface area (Å²) in [7, 11) is 0. The molecule has 0 aliphatic carbocycles. The van der Waals surface area contributed by atoms with E-state index in [4.69, 9.17) is 0 Å². The van der Waals surface area contributed by atoms with E-state index < -0.39 is 4.92 Å². The molecule has 0 aliphatic heterocycles. The lowest BCUT2D eigenvalue weighted by atomic mass is 10.1. The van der Waals surface area contributed by atoms with Gasteiger partial charge in [-0.25, -0.2) is 4.98 Å². The van der Waals surface area contributed by atoms with E-state index >= 15 is 0 Å². The van der Waals surface area contributed by atoms with Crippen LogP contribution < -0.4 is 5.32 Å². The zero-order valence-electron chi connectivity index (χ0n) is 14.1.